The maximum Gasteiger partial charge on any atom is 0.229 e. The molecule has 2 aromatic heterocycles. The van der Waals surface area contributed by atoms with E-state index in [0.717, 1.165) is 31.6 Å². The molecule has 2 aliphatic rings. The lowest BCUT2D eigenvalue weighted by molar-refractivity contribution is 0.0972. The lowest BCUT2D eigenvalue weighted by atomic mass is 9.76. The van der Waals surface area contributed by atoms with Crippen molar-refractivity contribution in [2.45, 2.75) is 31.4 Å². The predicted molar refractivity (Wildman–Crippen MR) is 139 cm³/mol. The zero-order valence-electron chi connectivity index (χ0n) is 20.4. The summed E-state index contributed by atoms with van der Waals surface area (Å²) < 4.78 is 16.2. The van der Waals surface area contributed by atoms with E-state index in [4.69, 9.17) is 0 Å². The van der Waals surface area contributed by atoms with Crippen molar-refractivity contribution >= 4 is 38.8 Å². The highest BCUT2D eigenvalue weighted by Crippen LogP contribution is 2.40. The molecular weight excluding hydrogens is 476 g/mol. The van der Waals surface area contributed by atoms with Crippen LogP contribution in [0.25, 0.3) is 0 Å². The minimum atomic E-state index is -2.36. The fraction of sp³-hybridized carbons (Fsp3) is 0.360. The van der Waals surface area contributed by atoms with Gasteiger partial charge in [0, 0.05) is 46.9 Å². The minimum absolute atomic E-state index is 0.141. The van der Waals surface area contributed by atoms with Crippen molar-refractivity contribution in [2.24, 2.45) is 4.36 Å². The monoisotopic (exact) mass is 504 g/mol. The first-order chi connectivity index (χ1) is 17.2. The molecule has 3 N–H and O–H groups in total. The SMILES string of the molecule is CN1Cc2cc(Nc3ncc(C#N)c(Nc4cccc(N=S(C)(C)=O)n4)n3)cc3c2C(C1)C(O)CC3. The van der Waals surface area contributed by atoms with Crippen LogP contribution in [0, 0.1) is 11.3 Å². The Morgan fingerprint density at radius 3 is 2.81 bits per heavy atom. The van der Waals surface area contributed by atoms with E-state index >= 15 is 0 Å². The van der Waals surface area contributed by atoms with Gasteiger partial charge in [-0.05, 0) is 60.8 Å². The third kappa shape index (κ3) is 5.16. The molecule has 1 aliphatic heterocycles. The summed E-state index contributed by atoms with van der Waals surface area (Å²) in [6, 6.07) is 11.4. The second-order valence-corrected chi connectivity index (χ2v) is 12.1. The standard InChI is InChI=1S/C25H28N8O2S/c1-33-13-16-10-18(9-15-7-8-20(34)19(14-33)23(15)16)28-25-27-12-17(11-26)24(31-25)30-21-5-4-6-22(29-21)32-36(2,3)35/h4-6,9-10,12,19-20,34H,7-8,13-14H2,1-3H3,(H2,27,28,29,30,31). The number of pyridine rings is 1. The van der Waals surface area contributed by atoms with Gasteiger partial charge in [-0.3, -0.25) is 0 Å². The lowest BCUT2D eigenvalue weighted by Gasteiger charge is -2.39. The van der Waals surface area contributed by atoms with Gasteiger partial charge in [0.1, 0.15) is 17.5 Å². The summed E-state index contributed by atoms with van der Waals surface area (Å²) in [5, 5.41) is 26.5. The summed E-state index contributed by atoms with van der Waals surface area (Å²) in [6.07, 6.45) is 5.81. The van der Waals surface area contributed by atoms with Gasteiger partial charge in [0.15, 0.2) is 11.6 Å². The highest BCUT2D eigenvalue weighted by molar-refractivity contribution is 7.92. The summed E-state index contributed by atoms with van der Waals surface area (Å²) in [4.78, 5) is 15.5. The Morgan fingerprint density at radius 2 is 2.03 bits per heavy atom. The molecule has 0 saturated carbocycles. The maximum absolute atomic E-state index is 12.0. The van der Waals surface area contributed by atoms with Crippen LogP contribution in [0.5, 0.6) is 0 Å². The Balaban J connectivity index is 1.44. The van der Waals surface area contributed by atoms with Gasteiger partial charge in [-0.2, -0.15) is 14.6 Å². The van der Waals surface area contributed by atoms with Crippen LogP contribution in [0.2, 0.25) is 0 Å². The number of likely N-dealkylation sites (N-methyl/N-ethyl adjacent to an activating group) is 1. The molecule has 10 nitrogen and oxygen atoms in total. The first kappa shape index (κ1) is 24.1. The molecule has 1 aliphatic carbocycles. The van der Waals surface area contributed by atoms with Crippen molar-refractivity contribution in [3.63, 3.8) is 0 Å². The van der Waals surface area contributed by atoms with Crippen molar-refractivity contribution in [3.8, 4) is 6.07 Å². The van der Waals surface area contributed by atoms with Crippen molar-refractivity contribution in [3.05, 3.63) is 58.8 Å². The highest BCUT2D eigenvalue weighted by atomic mass is 32.2. The number of hydrogen-bond acceptors (Lipinski definition) is 10. The summed E-state index contributed by atoms with van der Waals surface area (Å²) >= 11 is 0. The van der Waals surface area contributed by atoms with Crippen LogP contribution in [-0.4, -0.2) is 61.4 Å². The molecule has 186 valence electrons. The van der Waals surface area contributed by atoms with E-state index in [1.807, 2.05) is 0 Å². The molecule has 0 bridgehead atoms. The van der Waals surface area contributed by atoms with E-state index in [0.29, 0.717) is 23.4 Å². The molecule has 3 aromatic rings. The summed E-state index contributed by atoms with van der Waals surface area (Å²) in [6.45, 7) is 1.68. The average molecular weight is 505 g/mol. The maximum atomic E-state index is 12.0. The van der Waals surface area contributed by atoms with E-state index in [9.17, 15) is 14.6 Å². The van der Waals surface area contributed by atoms with E-state index < -0.39 is 9.73 Å². The number of aliphatic hydroxyl groups is 1. The van der Waals surface area contributed by atoms with Gasteiger partial charge in [-0.25, -0.2) is 14.2 Å². The molecule has 5 rings (SSSR count). The number of anilines is 4. The van der Waals surface area contributed by atoms with Crippen molar-refractivity contribution < 1.29 is 9.32 Å². The summed E-state index contributed by atoms with van der Waals surface area (Å²) in [7, 11) is -0.289. The van der Waals surface area contributed by atoms with Crippen LogP contribution < -0.4 is 10.6 Å². The smallest absolute Gasteiger partial charge is 0.229 e. The van der Waals surface area contributed by atoms with Gasteiger partial charge in [-0.15, -0.1) is 0 Å². The van der Waals surface area contributed by atoms with Crippen LogP contribution in [0.4, 0.5) is 29.1 Å². The topological polar surface area (TPSA) is 139 Å². The zero-order valence-corrected chi connectivity index (χ0v) is 21.2. The van der Waals surface area contributed by atoms with Gasteiger partial charge in [0.25, 0.3) is 0 Å². The molecule has 0 spiro atoms. The third-order valence-electron chi connectivity index (χ3n) is 6.30. The Labute approximate surface area is 210 Å². The molecule has 0 saturated heterocycles. The fourth-order valence-electron chi connectivity index (χ4n) is 4.90. The average Bonchev–Trinajstić information content (AvgIpc) is 2.80. The van der Waals surface area contributed by atoms with E-state index in [1.54, 1.807) is 30.7 Å². The number of benzene rings is 1. The first-order valence-electron chi connectivity index (χ1n) is 11.7. The molecule has 0 amide bonds. The Morgan fingerprint density at radius 1 is 1.22 bits per heavy atom. The Bertz CT molecular complexity index is 1480. The van der Waals surface area contributed by atoms with E-state index in [2.05, 4.69) is 60.1 Å². The van der Waals surface area contributed by atoms with Gasteiger partial charge < -0.3 is 20.6 Å². The number of hydrogen-bond donors (Lipinski definition) is 3. The molecular formula is C25H28N8O2S. The second-order valence-electron chi connectivity index (χ2n) is 9.59. The third-order valence-corrected chi connectivity index (χ3v) is 6.93. The first-order valence-corrected chi connectivity index (χ1v) is 14.0. The Kier molecular flexibility index (Phi) is 6.34. The van der Waals surface area contributed by atoms with Crippen LogP contribution in [0.15, 0.2) is 40.9 Å². The number of nitrogens with zero attached hydrogens (tertiary/aromatic N) is 6. The number of nitrogens with one attached hydrogen (secondary N) is 2. The highest BCUT2D eigenvalue weighted by Gasteiger charge is 2.34. The predicted octanol–water partition coefficient (Wildman–Crippen LogP) is 3.43. The molecule has 0 fully saturated rings. The molecule has 36 heavy (non-hydrogen) atoms. The zero-order chi connectivity index (χ0) is 25.4. The van der Waals surface area contributed by atoms with Crippen molar-refractivity contribution in [2.75, 3.05) is 36.7 Å². The second kappa shape index (κ2) is 9.46. The molecule has 11 heteroatoms. The number of aromatic nitrogens is 3. The largest absolute Gasteiger partial charge is 0.392 e. The van der Waals surface area contributed by atoms with Crippen molar-refractivity contribution in [1.82, 2.24) is 19.9 Å². The van der Waals surface area contributed by atoms with Crippen LogP contribution in [-0.2, 0) is 22.7 Å². The van der Waals surface area contributed by atoms with Gasteiger partial charge in [0.2, 0.25) is 5.95 Å². The molecule has 0 radical (unpaired) electrons. The molecule has 2 atom stereocenters. The number of aliphatic hydroxyl groups excluding tert-OH is 1. The van der Waals surface area contributed by atoms with E-state index in [1.165, 1.54) is 22.9 Å². The number of nitriles is 1. The quantitative estimate of drug-likeness (QED) is 0.477. The molecule has 1 aromatic carbocycles. The van der Waals surface area contributed by atoms with Crippen LogP contribution in [0.1, 0.15) is 34.6 Å². The van der Waals surface area contributed by atoms with Gasteiger partial charge in [-0.1, -0.05) is 6.07 Å². The summed E-state index contributed by atoms with van der Waals surface area (Å²) in [5.41, 5.74) is 4.86. The van der Waals surface area contributed by atoms with Crippen LogP contribution >= 0.6 is 0 Å². The van der Waals surface area contributed by atoms with Crippen molar-refractivity contribution in [1.29, 1.82) is 5.26 Å². The van der Waals surface area contributed by atoms with E-state index in [-0.39, 0.29) is 17.6 Å². The molecule has 3 heterocycles. The molecule has 2 unspecified atom stereocenters. The number of aryl methyl sites for hydroxylation is 1. The normalized spacial score (nSPS) is 19.2. The fourth-order valence-corrected chi connectivity index (χ4v) is 5.46. The van der Waals surface area contributed by atoms with Gasteiger partial charge in [0.05, 0.1) is 12.3 Å². The lowest BCUT2D eigenvalue weighted by Crippen LogP contribution is -2.39. The Hall–Kier alpha value is -3.59. The summed E-state index contributed by atoms with van der Waals surface area (Å²) in [5.74, 6) is 1.54. The number of rotatable bonds is 5. The van der Waals surface area contributed by atoms with Gasteiger partial charge >= 0.3 is 0 Å². The van der Waals surface area contributed by atoms with Crippen LogP contribution in [0.3, 0.4) is 0 Å². The minimum Gasteiger partial charge on any atom is -0.392 e.